The molecule has 0 spiro atoms. The van der Waals surface area contributed by atoms with Gasteiger partial charge in [-0.3, -0.25) is 10.1 Å². The van der Waals surface area contributed by atoms with Crippen molar-refractivity contribution in [3.63, 3.8) is 0 Å². The quantitative estimate of drug-likeness (QED) is 0.639. The molecule has 20 heavy (non-hydrogen) atoms. The average Bonchev–Trinajstić information content (AvgIpc) is 2.97. The molecule has 106 valence electrons. The highest BCUT2D eigenvalue weighted by Gasteiger charge is 2.22. The number of thiophene rings is 1. The number of ether oxygens (including phenoxy) is 1. The van der Waals surface area contributed by atoms with Crippen LogP contribution in [-0.2, 0) is 0 Å². The monoisotopic (exact) mass is 292 g/mol. The van der Waals surface area contributed by atoms with Crippen LogP contribution in [0.3, 0.4) is 0 Å². The van der Waals surface area contributed by atoms with Gasteiger partial charge < -0.3 is 10.1 Å². The molecule has 0 aliphatic carbocycles. The number of anilines is 1. The Balaban J connectivity index is 2.35. The second-order valence-corrected chi connectivity index (χ2v) is 5.21. The summed E-state index contributed by atoms with van der Waals surface area (Å²) >= 11 is 1.64. The SMILES string of the molecule is CCC(Nc1cccc(OC)c1[N+](=O)[O-])c1cccs1. The summed E-state index contributed by atoms with van der Waals surface area (Å²) in [5, 5.41) is 16.5. The van der Waals surface area contributed by atoms with Gasteiger partial charge in [0, 0.05) is 4.88 Å². The number of methoxy groups -OCH3 is 1. The van der Waals surface area contributed by atoms with E-state index in [1.165, 1.54) is 7.11 Å². The van der Waals surface area contributed by atoms with Crippen LogP contribution < -0.4 is 10.1 Å². The van der Waals surface area contributed by atoms with E-state index in [1.54, 1.807) is 29.5 Å². The third-order valence-corrected chi connectivity index (χ3v) is 4.01. The highest BCUT2D eigenvalue weighted by molar-refractivity contribution is 7.10. The largest absolute Gasteiger partial charge is 0.490 e. The van der Waals surface area contributed by atoms with Crippen LogP contribution in [0.5, 0.6) is 5.75 Å². The first kappa shape index (κ1) is 14.3. The molecule has 0 fully saturated rings. The van der Waals surface area contributed by atoms with Crippen molar-refractivity contribution in [3.05, 3.63) is 50.7 Å². The summed E-state index contributed by atoms with van der Waals surface area (Å²) in [7, 11) is 1.43. The number of rotatable bonds is 6. The number of hydrogen-bond acceptors (Lipinski definition) is 5. The highest BCUT2D eigenvalue weighted by atomic mass is 32.1. The molecule has 0 radical (unpaired) electrons. The first-order chi connectivity index (χ1) is 9.67. The molecule has 2 rings (SSSR count). The van der Waals surface area contributed by atoms with E-state index >= 15 is 0 Å². The van der Waals surface area contributed by atoms with Crippen molar-refractivity contribution in [1.82, 2.24) is 0 Å². The molecular weight excluding hydrogens is 276 g/mol. The standard InChI is InChI=1S/C14H16N2O3S/c1-3-10(13-8-5-9-20-13)15-11-6-4-7-12(19-2)14(11)16(17)18/h4-10,15H,3H2,1-2H3. The van der Waals surface area contributed by atoms with Gasteiger partial charge in [-0.25, -0.2) is 0 Å². The zero-order valence-corrected chi connectivity index (χ0v) is 12.1. The van der Waals surface area contributed by atoms with E-state index < -0.39 is 4.92 Å². The Morgan fingerprint density at radius 1 is 1.40 bits per heavy atom. The minimum Gasteiger partial charge on any atom is -0.490 e. The summed E-state index contributed by atoms with van der Waals surface area (Å²) in [5.41, 5.74) is 0.458. The minimum absolute atomic E-state index is 0.0231. The number of nitro groups is 1. The second kappa shape index (κ2) is 6.38. The molecule has 6 heteroatoms. The molecule has 5 nitrogen and oxygen atoms in total. The Labute approximate surface area is 121 Å². The van der Waals surface area contributed by atoms with Gasteiger partial charge in [-0.1, -0.05) is 19.1 Å². The summed E-state index contributed by atoms with van der Waals surface area (Å²) < 4.78 is 5.07. The molecule has 0 saturated carbocycles. The van der Waals surface area contributed by atoms with Gasteiger partial charge in [0.2, 0.25) is 0 Å². The van der Waals surface area contributed by atoms with Gasteiger partial charge in [0.15, 0.2) is 5.75 Å². The second-order valence-electron chi connectivity index (χ2n) is 4.23. The fraction of sp³-hybridized carbons (Fsp3) is 0.286. The van der Waals surface area contributed by atoms with Gasteiger partial charge in [-0.15, -0.1) is 11.3 Å². The Morgan fingerprint density at radius 3 is 2.75 bits per heavy atom. The number of nitro benzene ring substituents is 1. The summed E-state index contributed by atoms with van der Waals surface area (Å²) in [4.78, 5) is 12.0. The summed E-state index contributed by atoms with van der Waals surface area (Å²) in [6, 6.07) is 9.10. The molecule has 0 aliphatic rings. The molecule has 0 saturated heterocycles. The molecule has 1 atom stereocenters. The molecule has 1 unspecified atom stereocenters. The van der Waals surface area contributed by atoms with Crippen LogP contribution in [0, 0.1) is 10.1 Å². The maximum absolute atomic E-state index is 11.2. The first-order valence-electron chi connectivity index (χ1n) is 6.28. The van der Waals surface area contributed by atoms with Crippen LogP contribution in [0.4, 0.5) is 11.4 Å². The lowest BCUT2D eigenvalue weighted by Gasteiger charge is -2.17. The van der Waals surface area contributed by atoms with Crippen molar-refractivity contribution in [2.75, 3.05) is 12.4 Å². The maximum atomic E-state index is 11.2. The van der Waals surface area contributed by atoms with Crippen LogP contribution in [0.25, 0.3) is 0 Å². The highest BCUT2D eigenvalue weighted by Crippen LogP contribution is 2.37. The molecule has 2 aromatic rings. The Hall–Kier alpha value is -2.08. The van der Waals surface area contributed by atoms with E-state index in [4.69, 9.17) is 4.74 Å². The summed E-state index contributed by atoms with van der Waals surface area (Å²) in [6.07, 6.45) is 0.842. The van der Waals surface area contributed by atoms with E-state index in [2.05, 4.69) is 5.32 Å². The van der Waals surface area contributed by atoms with Crippen molar-refractivity contribution in [3.8, 4) is 5.75 Å². The number of nitrogens with zero attached hydrogens (tertiary/aromatic N) is 1. The third-order valence-electron chi connectivity index (χ3n) is 3.03. The Bertz CT molecular complexity index is 584. The molecule has 0 amide bonds. The Morgan fingerprint density at radius 2 is 2.20 bits per heavy atom. The fourth-order valence-corrected chi connectivity index (χ4v) is 2.90. The molecule has 0 bridgehead atoms. The van der Waals surface area contributed by atoms with Gasteiger partial charge in [0.25, 0.3) is 0 Å². The van der Waals surface area contributed by atoms with Crippen LogP contribution >= 0.6 is 11.3 Å². The lowest BCUT2D eigenvalue weighted by Crippen LogP contribution is -2.10. The van der Waals surface area contributed by atoms with E-state index in [0.717, 1.165) is 11.3 Å². The molecule has 1 aromatic carbocycles. The maximum Gasteiger partial charge on any atom is 0.333 e. The lowest BCUT2D eigenvalue weighted by atomic mass is 10.1. The molecular formula is C14H16N2O3S. The van der Waals surface area contributed by atoms with Gasteiger partial charge in [-0.2, -0.15) is 0 Å². The Kier molecular flexibility index (Phi) is 4.57. The van der Waals surface area contributed by atoms with E-state index in [0.29, 0.717) is 5.69 Å². The zero-order valence-electron chi connectivity index (χ0n) is 11.3. The van der Waals surface area contributed by atoms with Crippen molar-refractivity contribution in [2.24, 2.45) is 0 Å². The molecule has 1 N–H and O–H groups in total. The molecule has 0 aliphatic heterocycles. The molecule has 1 heterocycles. The van der Waals surface area contributed by atoms with Crippen molar-refractivity contribution in [2.45, 2.75) is 19.4 Å². The van der Waals surface area contributed by atoms with Crippen LogP contribution in [0.2, 0.25) is 0 Å². The fourth-order valence-electron chi connectivity index (χ4n) is 2.04. The number of benzene rings is 1. The van der Waals surface area contributed by atoms with Gasteiger partial charge in [0.05, 0.1) is 18.1 Å². The first-order valence-corrected chi connectivity index (χ1v) is 7.16. The van der Waals surface area contributed by atoms with Gasteiger partial charge in [0.1, 0.15) is 5.69 Å². The summed E-state index contributed by atoms with van der Waals surface area (Å²) in [5.74, 6) is 0.265. The minimum atomic E-state index is -0.414. The van der Waals surface area contributed by atoms with E-state index in [1.807, 2.05) is 24.4 Å². The number of para-hydroxylation sites is 1. The van der Waals surface area contributed by atoms with Gasteiger partial charge >= 0.3 is 5.69 Å². The normalized spacial score (nSPS) is 11.9. The molecule has 1 aromatic heterocycles. The van der Waals surface area contributed by atoms with Crippen molar-refractivity contribution < 1.29 is 9.66 Å². The summed E-state index contributed by atoms with van der Waals surface area (Å²) in [6.45, 7) is 2.05. The topological polar surface area (TPSA) is 64.4 Å². The van der Waals surface area contributed by atoms with Crippen LogP contribution in [0.1, 0.15) is 24.3 Å². The van der Waals surface area contributed by atoms with Crippen LogP contribution in [-0.4, -0.2) is 12.0 Å². The number of hydrogen-bond donors (Lipinski definition) is 1. The van der Waals surface area contributed by atoms with E-state index in [-0.39, 0.29) is 17.5 Å². The lowest BCUT2D eigenvalue weighted by molar-refractivity contribution is -0.384. The average molecular weight is 292 g/mol. The van der Waals surface area contributed by atoms with Gasteiger partial charge in [-0.05, 0) is 30.0 Å². The van der Waals surface area contributed by atoms with Crippen LogP contribution in [0.15, 0.2) is 35.7 Å². The predicted octanol–water partition coefficient (Wildman–Crippen LogP) is 4.23. The smallest absolute Gasteiger partial charge is 0.333 e. The van der Waals surface area contributed by atoms with Crippen molar-refractivity contribution >= 4 is 22.7 Å². The number of nitrogens with one attached hydrogen (secondary N) is 1. The van der Waals surface area contributed by atoms with Crippen molar-refractivity contribution in [1.29, 1.82) is 0 Å². The predicted molar refractivity (Wildman–Crippen MR) is 80.6 cm³/mol. The third kappa shape index (κ3) is 2.91. The van der Waals surface area contributed by atoms with E-state index in [9.17, 15) is 10.1 Å². The zero-order chi connectivity index (χ0) is 14.5.